The Kier molecular flexibility index (Phi) is 4.58. The molecule has 3 heterocycles. The van der Waals surface area contributed by atoms with Crippen molar-refractivity contribution in [2.75, 3.05) is 32.1 Å². The number of anilines is 1. The maximum absolute atomic E-state index is 13.0. The van der Waals surface area contributed by atoms with E-state index >= 15 is 0 Å². The minimum atomic E-state index is -0.864. The van der Waals surface area contributed by atoms with Crippen molar-refractivity contribution in [3.63, 3.8) is 0 Å². The molecule has 1 aromatic rings. The summed E-state index contributed by atoms with van der Waals surface area (Å²) in [4.78, 5) is 39.3. The van der Waals surface area contributed by atoms with Gasteiger partial charge in [0.15, 0.2) is 0 Å². The average Bonchev–Trinajstić information content (AvgIpc) is 3.31. The Balaban J connectivity index is 1.55. The molecule has 148 valence electrons. The molecule has 0 aliphatic carbocycles. The van der Waals surface area contributed by atoms with Gasteiger partial charge >= 0.3 is 5.97 Å². The number of likely N-dealkylation sites (tertiary alicyclic amines) is 1. The summed E-state index contributed by atoms with van der Waals surface area (Å²) < 4.78 is 16.3. The number of amides is 2. The molecule has 1 N–H and O–H groups in total. The molecule has 2 amide bonds. The van der Waals surface area contributed by atoms with Crippen LogP contribution in [0.3, 0.4) is 0 Å². The topological polar surface area (TPSA) is 94.2 Å². The first-order chi connectivity index (χ1) is 13.5. The zero-order valence-corrected chi connectivity index (χ0v) is 15.7. The van der Waals surface area contributed by atoms with E-state index in [1.807, 2.05) is 12.2 Å². The van der Waals surface area contributed by atoms with Crippen molar-refractivity contribution in [1.29, 1.82) is 0 Å². The predicted molar refractivity (Wildman–Crippen MR) is 98.6 cm³/mol. The van der Waals surface area contributed by atoms with Gasteiger partial charge in [-0.2, -0.15) is 0 Å². The number of rotatable bonds is 6. The average molecular weight is 386 g/mol. The third-order valence-corrected chi connectivity index (χ3v) is 5.47. The van der Waals surface area contributed by atoms with Crippen molar-refractivity contribution < 1.29 is 28.6 Å². The summed E-state index contributed by atoms with van der Waals surface area (Å²) in [7, 11) is 1.52. The molecule has 3 aliphatic rings. The molecule has 2 saturated heterocycles. The van der Waals surface area contributed by atoms with Gasteiger partial charge in [-0.1, -0.05) is 24.3 Å². The number of nitrogens with zero attached hydrogens (tertiary/aromatic N) is 1. The lowest BCUT2D eigenvalue weighted by atomic mass is 9.76. The van der Waals surface area contributed by atoms with Crippen molar-refractivity contribution in [3.05, 3.63) is 36.4 Å². The van der Waals surface area contributed by atoms with Crippen LogP contribution < -0.4 is 10.1 Å². The second-order valence-corrected chi connectivity index (χ2v) is 7.09. The van der Waals surface area contributed by atoms with Gasteiger partial charge < -0.3 is 24.4 Å². The van der Waals surface area contributed by atoms with Crippen LogP contribution in [0.2, 0.25) is 0 Å². The molecule has 3 aliphatic heterocycles. The quantitative estimate of drug-likeness (QED) is 0.579. The molecule has 0 aromatic heterocycles. The summed E-state index contributed by atoms with van der Waals surface area (Å²) in [6.45, 7) is 2.05. The Morgan fingerprint density at radius 3 is 2.89 bits per heavy atom. The minimum absolute atomic E-state index is 0.145. The Hall–Kier alpha value is -2.87. The van der Waals surface area contributed by atoms with Crippen molar-refractivity contribution in [3.8, 4) is 5.75 Å². The molecule has 4 atom stereocenters. The highest BCUT2D eigenvalue weighted by atomic mass is 16.5. The van der Waals surface area contributed by atoms with Gasteiger partial charge in [0.25, 0.3) is 0 Å². The van der Waals surface area contributed by atoms with Crippen molar-refractivity contribution in [2.24, 2.45) is 11.8 Å². The van der Waals surface area contributed by atoms with Crippen LogP contribution in [0.5, 0.6) is 5.75 Å². The van der Waals surface area contributed by atoms with Crippen LogP contribution in [-0.4, -0.2) is 61.2 Å². The van der Waals surface area contributed by atoms with E-state index in [9.17, 15) is 14.4 Å². The number of benzene rings is 1. The van der Waals surface area contributed by atoms with Gasteiger partial charge in [0.05, 0.1) is 43.9 Å². The fourth-order valence-electron chi connectivity index (χ4n) is 4.34. The number of carbonyl (C=O) groups is 3. The number of esters is 1. The Labute approximate surface area is 162 Å². The molecule has 28 heavy (non-hydrogen) atoms. The van der Waals surface area contributed by atoms with E-state index in [0.717, 1.165) is 0 Å². The molecule has 2 fully saturated rings. The van der Waals surface area contributed by atoms with Crippen LogP contribution in [0.15, 0.2) is 36.4 Å². The second kappa shape index (κ2) is 6.94. The Bertz CT molecular complexity index is 853. The van der Waals surface area contributed by atoms with Crippen LogP contribution in [0, 0.1) is 11.8 Å². The summed E-state index contributed by atoms with van der Waals surface area (Å²) in [5.41, 5.74) is -0.332. The summed E-state index contributed by atoms with van der Waals surface area (Å²) in [5.74, 6) is -1.84. The third-order valence-electron chi connectivity index (χ3n) is 5.47. The summed E-state index contributed by atoms with van der Waals surface area (Å²) in [6, 6.07) is 7.08. The van der Waals surface area contributed by atoms with Crippen LogP contribution in [0.1, 0.15) is 6.92 Å². The first kappa shape index (κ1) is 18.5. The lowest BCUT2D eigenvalue weighted by Crippen LogP contribution is -2.42. The molecule has 8 nitrogen and oxygen atoms in total. The maximum atomic E-state index is 13.0. The predicted octanol–water partition coefficient (Wildman–Crippen LogP) is 0.979. The van der Waals surface area contributed by atoms with Crippen LogP contribution >= 0.6 is 0 Å². The van der Waals surface area contributed by atoms with Crippen LogP contribution in [0.25, 0.3) is 0 Å². The number of hydrogen-bond acceptors (Lipinski definition) is 6. The van der Waals surface area contributed by atoms with Gasteiger partial charge in [0, 0.05) is 0 Å². The van der Waals surface area contributed by atoms with Gasteiger partial charge in [0.2, 0.25) is 11.8 Å². The van der Waals surface area contributed by atoms with Gasteiger partial charge in [0.1, 0.15) is 17.9 Å². The van der Waals surface area contributed by atoms with Gasteiger partial charge in [-0.3, -0.25) is 14.4 Å². The van der Waals surface area contributed by atoms with E-state index in [1.54, 1.807) is 31.2 Å². The zero-order chi connectivity index (χ0) is 19.9. The molecule has 8 heteroatoms. The Morgan fingerprint density at radius 1 is 1.36 bits per heavy atom. The van der Waals surface area contributed by atoms with Gasteiger partial charge in [-0.05, 0) is 19.1 Å². The molecule has 0 radical (unpaired) electrons. The highest BCUT2D eigenvalue weighted by molar-refractivity contribution is 6.00. The number of carbonyl (C=O) groups excluding carboxylic acids is 3. The third kappa shape index (κ3) is 2.84. The molecule has 0 saturated carbocycles. The SMILES string of the molecule is CCOC(=O)CN1CC23C=CC(O2)[C@@H](C(=O)Nc2ccccc2OC)[C@H]3C1=O. The highest BCUT2D eigenvalue weighted by Crippen LogP contribution is 2.52. The minimum Gasteiger partial charge on any atom is -0.495 e. The Morgan fingerprint density at radius 2 is 2.14 bits per heavy atom. The van der Waals surface area contributed by atoms with E-state index < -0.39 is 29.5 Å². The van der Waals surface area contributed by atoms with E-state index in [0.29, 0.717) is 11.4 Å². The van der Waals surface area contributed by atoms with E-state index in [4.69, 9.17) is 14.2 Å². The smallest absolute Gasteiger partial charge is 0.325 e. The first-order valence-corrected chi connectivity index (χ1v) is 9.24. The van der Waals surface area contributed by atoms with Gasteiger partial charge in [-0.15, -0.1) is 0 Å². The molecule has 4 rings (SSSR count). The normalized spacial score (nSPS) is 29.7. The highest BCUT2D eigenvalue weighted by Gasteiger charge is 2.67. The van der Waals surface area contributed by atoms with E-state index in [2.05, 4.69) is 5.32 Å². The number of para-hydroxylation sites is 2. The fourth-order valence-corrected chi connectivity index (χ4v) is 4.34. The van der Waals surface area contributed by atoms with Crippen molar-refractivity contribution in [2.45, 2.75) is 18.6 Å². The van der Waals surface area contributed by atoms with Crippen LogP contribution in [-0.2, 0) is 23.9 Å². The molecule has 1 spiro atoms. The molecule has 2 unspecified atom stereocenters. The molecular weight excluding hydrogens is 364 g/mol. The van der Waals surface area contributed by atoms with Crippen molar-refractivity contribution in [1.82, 2.24) is 4.90 Å². The second-order valence-electron chi connectivity index (χ2n) is 7.09. The first-order valence-electron chi connectivity index (χ1n) is 9.24. The number of nitrogens with one attached hydrogen (secondary N) is 1. The maximum Gasteiger partial charge on any atom is 0.325 e. The standard InChI is InChI=1S/C20H22N2O6/c1-3-27-15(23)10-22-11-20-9-8-14(28-20)16(17(20)19(22)25)18(24)21-12-6-4-5-7-13(12)26-2/h4-9,14,16-17H,3,10-11H2,1-2H3,(H,21,24)/t14?,16-,17+,20?/m1/s1. The molecule has 1 aromatic carbocycles. The molecule has 2 bridgehead atoms. The fraction of sp³-hybridized carbons (Fsp3) is 0.450. The number of methoxy groups -OCH3 is 1. The van der Waals surface area contributed by atoms with Crippen molar-refractivity contribution >= 4 is 23.5 Å². The van der Waals surface area contributed by atoms with E-state index in [1.165, 1.54) is 12.0 Å². The molecular formula is C20H22N2O6. The number of fused-ring (bicyclic) bond motifs is 1. The van der Waals surface area contributed by atoms with Gasteiger partial charge in [-0.25, -0.2) is 0 Å². The number of ether oxygens (including phenoxy) is 3. The lowest BCUT2D eigenvalue weighted by molar-refractivity contribution is -0.148. The summed E-state index contributed by atoms with van der Waals surface area (Å²) in [6.07, 6.45) is 3.20. The lowest BCUT2D eigenvalue weighted by Gasteiger charge is -2.23. The number of hydrogen-bond donors (Lipinski definition) is 1. The summed E-state index contributed by atoms with van der Waals surface area (Å²) >= 11 is 0. The largest absolute Gasteiger partial charge is 0.495 e. The monoisotopic (exact) mass is 386 g/mol. The summed E-state index contributed by atoms with van der Waals surface area (Å²) in [5, 5.41) is 2.85. The van der Waals surface area contributed by atoms with Crippen LogP contribution in [0.4, 0.5) is 5.69 Å². The zero-order valence-electron chi connectivity index (χ0n) is 15.7. The van der Waals surface area contributed by atoms with E-state index in [-0.39, 0.29) is 31.5 Å².